The third kappa shape index (κ3) is 2.89. The second kappa shape index (κ2) is 5.50. The summed E-state index contributed by atoms with van der Waals surface area (Å²) < 4.78 is 0.861. The van der Waals surface area contributed by atoms with E-state index in [1.54, 1.807) is 6.07 Å². The number of amides is 1. The maximum Gasteiger partial charge on any atom is 0.274 e. The summed E-state index contributed by atoms with van der Waals surface area (Å²) in [5.74, 6) is -0.288. The molecule has 0 saturated heterocycles. The molecule has 0 unspecified atom stereocenters. The van der Waals surface area contributed by atoms with Crippen molar-refractivity contribution in [3.63, 3.8) is 0 Å². The Hall–Kier alpha value is -1.39. The van der Waals surface area contributed by atoms with Crippen LogP contribution in [0.4, 0.5) is 5.69 Å². The van der Waals surface area contributed by atoms with E-state index >= 15 is 0 Å². The predicted octanol–water partition coefficient (Wildman–Crippen LogP) is 4.06. The summed E-state index contributed by atoms with van der Waals surface area (Å²) in [6.07, 6.45) is 1.50. The molecular weight excluding hydrogens is 316 g/mol. The van der Waals surface area contributed by atoms with E-state index in [2.05, 4.69) is 26.2 Å². The van der Waals surface area contributed by atoms with Gasteiger partial charge in [0.25, 0.3) is 5.91 Å². The van der Waals surface area contributed by atoms with Crippen LogP contribution >= 0.6 is 27.5 Å². The first-order valence-electron chi connectivity index (χ1n) is 5.26. The number of aromatic nitrogens is 1. The Balaban J connectivity index is 2.24. The molecular formula is C13H10BrClN2O. The second-order valence-corrected chi connectivity index (χ2v) is 4.98. The fraction of sp³-hybridized carbons (Fsp3) is 0.0769. The van der Waals surface area contributed by atoms with Gasteiger partial charge in [-0.25, -0.2) is 0 Å². The Morgan fingerprint density at radius 2 is 2.17 bits per heavy atom. The fourth-order valence-corrected chi connectivity index (χ4v) is 1.98. The number of rotatable bonds is 2. The molecule has 0 aliphatic carbocycles. The van der Waals surface area contributed by atoms with Crippen molar-refractivity contribution in [2.75, 3.05) is 5.32 Å². The normalized spacial score (nSPS) is 10.2. The lowest BCUT2D eigenvalue weighted by molar-refractivity contribution is 0.102. The van der Waals surface area contributed by atoms with Gasteiger partial charge >= 0.3 is 0 Å². The van der Waals surface area contributed by atoms with E-state index in [4.69, 9.17) is 11.6 Å². The molecule has 0 aliphatic heterocycles. The number of carbonyl (C=O) groups excluding carboxylic acids is 1. The molecule has 0 aliphatic rings. The number of carbonyl (C=O) groups is 1. The van der Waals surface area contributed by atoms with Gasteiger partial charge in [-0.2, -0.15) is 0 Å². The maximum absolute atomic E-state index is 12.0. The lowest BCUT2D eigenvalue weighted by atomic mass is 10.2. The largest absolute Gasteiger partial charge is 0.320 e. The highest BCUT2D eigenvalue weighted by Crippen LogP contribution is 2.26. The number of aryl methyl sites for hydroxylation is 1. The lowest BCUT2D eigenvalue weighted by Gasteiger charge is -2.08. The number of hydrogen-bond donors (Lipinski definition) is 1. The van der Waals surface area contributed by atoms with Gasteiger partial charge in [-0.05, 0) is 46.6 Å². The summed E-state index contributed by atoms with van der Waals surface area (Å²) in [5.41, 5.74) is 2.05. The van der Waals surface area contributed by atoms with Gasteiger partial charge in [-0.15, -0.1) is 0 Å². The maximum atomic E-state index is 12.0. The van der Waals surface area contributed by atoms with Gasteiger partial charge in [-0.3, -0.25) is 9.78 Å². The first-order chi connectivity index (χ1) is 8.58. The van der Waals surface area contributed by atoms with Crippen molar-refractivity contribution in [2.24, 2.45) is 0 Å². The molecule has 1 N–H and O–H groups in total. The minimum Gasteiger partial charge on any atom is -0.320 e. The van der Waals surface area contributed by atoms with Crippen LogP contribution in [0.3, 0.4) is 0 Å². The molecule has 5 heteroatoms. The Kier molecular flexibility index (Phi) is 3.99. The monoisotopic (exact) mass is 324 g/mol. The van der Waals surface area contributed by atoms with Crippen molar-refractivity contribution in [3.05, 3.63) is 57.3 Å². The number of halogens is 2. The Morgan fingerprint density at radius 1 is 1.39 bits per heavy atom. The first-order valence-corrected chi connectivity index (χ1v) is 6.43. The van der Waals surface area contributed by atoms with Crippen LogP contribution in [0.15, 0.2) is 41.0 Å². The van der Waals surface area contributed by atoms with Crippen molar-refractivity contribution >= 4 is 39.1 Å². The molecule has 2 rings (SSSR count). The minimum absolute atomic E-state index is 0.288. The average Bonchev–Trinajstić information content (AvgIpc) is 2.35. The Bertz CT molecular complexity index is 601. The van der Waals surface area contributed by atoms with Crippen LogP contribution in [0, 0.1) is 6.92 Å². The summed E-state index contributed by atoms with van der Waals surface area (Å²) in [4.78, 5) is 16.0. The van der Waals surface area contributed by atoms with E-state index in [0.717, 1.165) is 10.0 Å². The minimum atomic E-state index is -0.288. The zero-order chi connectivity index (χ0) is 13.1. The Labute approximate surface area is 118 Å². The van der Waals surface area contributed by atoms with Crippen molar-refractivity contribution in [2.45, 2.75) is 6.92 Å². The van der Waals surface area contributed by atoms with Gasteiger partial charge in [0.15, 0.2) is 0 Å². The van der Waals surface area contributed by atoms with Crippen molar-refractivity contribution in [3.8, 4) is 0 Å². The standard InChI is InChI=1S/C13H10BrClN2O/c1-8-3-2-4-10(12(8)14)17-13(18)11-7-9(15)5-6-16-11/h2-7H,1H3,(H,17,18). The first kappa shape index (κ1) is 13.1. The third-order valence-corrected chi connectivity index (χ3v) is 3.68. The number of nitrogens with zero attached hydrogens (tertiary/aromatic N) is 1. The molecule has 3 nitrogen and oxygen atoms in total. The number of anilines is 1. The van der Waals surface area contributed by atoms with Crippen LogP contribution < -0.4 is 5.32 Å². The van der Waals surface area contributed by atoms with Crippen molar-refractivity contribution < 1.29 is 4.79 Å². The van der Waals surface area contributed by atoms with Gasteiger partial charge < -0.3 is 5.32 Å². The van der Waals surface area contributed by atoms with Crippen molar-refractivity contribution in [1.29, 1.82) is 0 Å². The van der Waals surface area contributed by atoms with Gasteiger partial charge in [0.05, 0.1) is 5.69 Å². The SMILES string of the molecule is Cc1cccc(NC(=O)c2cc(Cl)ccn2)c1Br. The van der Waals surface area contributed by atoms with Crippen LogP contribution in [0.25, 0.3) is 0 Å². The molecule has 0 saturated carbocycles. The van der Waals surface area contributed by atoms with E-state index in [1.807, 2.05) is 25.1 Å². The molecule has 18 heavy (non-hydrogen) atoms. The van der Waals surface area contributed by atoms with Gasteiger partial charge in [0.1, 0.15) is 5.69 Å². The number of benzene rings is 1. The smallest absolute Gasteiger partial charge is 0.274 e. The molecule has 0 radical (unpaired) electrons. The summed E-state index contributed by atoms with van der Waals surface area (Å²) in [6.45, 7) is 1.96. The van der Waals surface area contributed by atoms with Crippen LogP contribution in [-0.4, -0.2) is 10.9 Å². The molecule has 92 valence electrons. The van der Waals surface area contributed by atoms with E-state index < -0.39 is 0 Å². The molecule has 0 fully saturated rings. The molecule has 1 heterocycles. The molecule has 1 aromatic carbocycles. The summed E-state index contributed by atoms with van der Waals surface area (Å²) in [7, 11) is 0. The number of nitrogens with one attached hydrogen (secondary N) is 1. The quantitative estimate of drug-likeness (QED) is 0.905. The van der Waals surface area contributed by atoms with E-state index in [-0.39, 0.29) is 11.6 Å². The molecule has 1 amide bonds. The van der Waals surface area contributed by atoms with Crippen LogP contribution in [-0.2, 0) is 0 Å². The van der Waals surface area contributed by atoms with Crippen molar-refractivity contribution in [1.82, 2.24) is 4.98 Å². The van der Waals surface area contributed by atoms with E-state index in [0.29, 0.717) is 10.7 Å². The molecule has 0 spiro atoms. The summed E-state index contributed by atoms with van der Waals surface area (Å²) >= 11 is 9.25. The zero-order valence-corrected chi connectivity index (χ0v) is 11.9. The van der Waals surface area contributed by atoms with E-state index in [9.17, 15) is 4.79 Å². The third-order valence-electron chi connectivity index (χ3n) is 2.39. The molecule has 2 aromatic rings. The van der Waals surface area contributed by atoms with Crippen LogP contribution in [0.5, 0.6) is 0 Å². The van der Waals surface area contributed by atoms with Crippen LogP contribution in [0.1, 0.15) is 16.1 Å². The highest BCUT2D eigenvalue weighted by Gasteiger charge is 2.10. The van der Waals surface area contributed by atoms with Gasteiger partial charge in [0.2, 0.25) is 0 Å². The van der Waals surface area contributed by atoms with E-state index in [1.165, 1.54) is 12.3 Å². The summed E-state index contributed by atoms with van der Waals surface area (Å²) in [5, 5.41) is 3.27. The fourth-order valence-electron chi connectivity index (χ4n) is 1.46. The topological polar surface area (TPSA) is 42.0 Å². The second-order valence-electron chi connectivity index (χ2n) is 3.75. The number of pyridine rings is 1. The highest BCUT2D eigenvalue weighted by atomic mass is 79.9. The zero-order valence-electron chi connectivity index (χ0n) is 9.58. The molecule has 0 atom stereocenters. The lowest BCUT2D eigenvalue weighted by Crippen LogP contribution is -2.14. The summed E-state index contributed by atoms with van der Waals surface area (Å²) in [6, 6.07) is 8.81. The molecule has 0 bridgehead atoms. The van der Waals surface area contributed by atoms with Gasteiger partial charge in [-0.1, -0.05) is 23.7 Å². The predicted molar refractivity (Wildman–Crippen MR) is 76.1 cm³/mol. The average molecular weight is 326 g/mol. The Morgan fingerprint density at radius 3 is 2.89 bits per heavy atom. The molecule has 1 aromatic heterocycles. The van der Waals surface area contributed by atoms with Gasteiger partial charge in [0, 0.05) is 15.7 Å². The highest BCUT2D eigenvalue weighted by molar-refractivity contribution is 9.10. The van der Waals surface area contributed by atoms with Crippen LogP contribution in [0.2, 0.25) is 5.02 Å². The number of hydrogen-bond acceptors (Lipinski definition) is 2.